The van der Waals surface area contributed by atoms with Gasteiger partial charge in [0, 0.05) is 12.6 Å². The minimum Gasteiger partial charge on any atom is -0.489 e. The van der Waals surface area contributed by atoms with Crippen molar-refractivity contribution in [2.24, 2.45) is 0 Å². The molecule has 1 aromatic heterocycles. The summed E-state index contributed by atoms with van der Waals surface area (Å²) in [5, 5.41) is 12.6. The van der Waals surface area contributed by atoms with Crippen LogP contribution in [-0.4, -0.2) is 9.97 Å². The molecule has 0 unspecified atom stereocenters. The summed E-state index contributed by atoms with van der Waals surface area (Å²) in [4.78, 5) is 8.96. The minimum absolute atomic E-state index is 0.0226. The number of rotatable bonds is 10. The molecule has 0 aliphatic carbocycles. The first-order chi connectivity index (χ1) is 19.6. The SMILES string of the molecule is Cc1ccc(C#N)cc1Oc1nc(NCc2ccccc2)c(N)c(Oc2cccc(OCc3ccccc3)c2)n1. The lowest BCUT2D eigenvalue weighted by atomic mass is 10.1. The zero-order valence-electron chi connectivity index (χ0n) is 21.9. The number of hydrogen-bond donors (Lipinski definition) is 2. The molecule has 5 aromatic rings. The van der Waals surface area contributed by atoms with Crippen molar-refractivity contribution in [2.45, 2.75) is 20.1 Å². The molecule has 0 aliphatic heterocycles. The van der Waals surface area contributed by atoms with Crippen LogP contribution in [0, 0.1) is 18.3 Å². The van der Waals surface area contributed by atoms with Crippen molar-refractivity contribution in [3.05, 3.63) is 125 Å². The van der Waals surface area contributed by atoms with Crippen LogP contribution in [0.2, 0.25) is 0 Å². The first-order valence-corrected chi connectivity index (χ1v) is 12.7. The maximum atomic E-state index is 9.32. The summed E-state index contributed by atoms with van der Waals surface area (Å²) in [7, 11) is 0. The van der Waals surface area contributed by atoms with Crippen molar-refractivity contribution in [1.29, 1.82) is 5.26 Å². The van der Waals surface area contributed by atoms with E-state index in [0.717, 1.165) is 16.7 Å². The van der Waals surface area contributed by atoms with Gasteiger partial charge in [0.2, 0.25) is 0 Å². The second kappa shape index (κ2) is 12.3. The summed E-state index contributed by atoms with van der Waals surface area (Å²) in [6.07, 6.45) is 0. The fourth-order valence-corrected chi connectivity index (χ4v) is 3.83. The molecule has 5 rings (SSSR count). The number of benzene rings is 4. The minimum atomic E-state index is 0.0226. The average molecular weight is 530 g/mol. The number of nitrogens with zero attached hydrogens (tertiary/aromatic N) is 3. The quantitative estimate of drug-likeness (QED) is 0.198. The molecule has 4 aromatic carbocycles. The van der Waals surface area contributed by atoms with Gasteiger partial charge in [-0.25, -0.2) is 0 Å². The van der Waals surface area contributed by atoms with Gasteiger partial charge in [-0.05, 0) is 47.9 Å². The van der Waals surface area contributed by atoms with Gasteiger partial charge in [-0.15, -0.1) is 0 Å². The van der Waals surface area contributed by atoms with Crippen molar-refractivity contribution in [1.82, 2.24) is 9.97 Å². The molecule has 8 nitrogen and oxygen atoms in total. The second-order valence-corrected chi connectivity index (χ2v) is 8.96. The third-order valence-corrected chi connectivity index (χ3v) is 5.98. The smallest absolute Gasteiger partial charge is 0.327 e. The van der Waals surface area contributed by atoms with E-state index in [1.165, 1.54) is 0 Å². The van der Waals surface area contributed by atoms with Crippen LogP contribution in [0.1, 0.15) is 22.3 Å². The number of hydrogen-bond acceptors (Lipinski definition) is 8. The molecule has 0 spiro atoms. The number of nitrogens with two attached hydrogens (primary N) is 1. The largest absolute Gasteiger partial charge is 0.489 e. The van der Waals surface area contributed by atoms with E-state index >= 15 is 0 Å². The molecule has 0 radical (unpaired) electrons. The molecule has 0 saturated carbocycles. The van der Waals surface area contributed by atoms with E-state index in [-0.39, 0.29) is 17.6 Å². The molecule has 0 saturated heterocycles. The lowest BCUT2D eigenvalue weighted by Gasteiger charge is -2.15. The lowest BCUT2D eigenvalue weighted by Crippen LogP contribution is -2.08. The molecule has 40 heavy (non-hydrogen) atoms. The van der Waals surface area contributed by atoms with Gasteiger partial charge in [0.1, 0.15) is 29.5 Å². The fraction of sp³-hybridized carbons (Fsp3) is 0.0938. The highest BCUT2D eigenvalue weighted by molar-refractivity contribution is 5.68. The molecule has 198 valence electrons. The van der Waals surface area contributed by atoms with E-state index in [1.807, 2.05) is 79.7 Å². The first kappa shape index (κ1) is 26.1. The summed E-state index contributed by atoms with van der Waals surface area (Å²) in [6.45, 7) is 2.78. The molecule has 0 amide bonds. The summed E-state index contributed by atoms with van der Waals surface area (Å²) in [6, 6.07) is 34.3. The summed E-state index contributed by atoms with van der Waals surface area (Å²) in [5.74, 6) is 2.06. The van der Waals surface area contributed by atoms with Crippen LogP contribution in [0.25, 0.3) is 0 Å². The number of nitriles is 1. The van der Waals surface area contributed by atoms with Crippen molar-refractivity contribution < 1.29 is 14.2 Å². The van der Waals surface area contributed by atoms with Crippen molar-refractivity contribution >= 4 is 11.5 Å². The van der Waals surface area contributed by atoms with Crippen LogP contribution in [0.15, 0.2) is 103 Å². The lowest BCUT2D eigenvalue weighted by molar-refractivity contribution is 0.304. The maximum Gasteiger partial charge on any atom is 0.327 e. The number of anilines is 2. The summed E-state index contributed by atoms with van der Waals surface area (Å²) in [5.41, 5.74) is 10.1. The summed E-state index contributed by atoms with van der Waals surface area (Å²) < 4.78 is 18.1. The highest BCUT2D eigenvalue weighted by Crippen LogP contribution is 2.35. The Kier molecular flexibility index (Phi) is 8.04. The molecule has 0 bridgehead atoms. The zero-order chi connectivity index (χ0) is 27.7. The Bertz CT molecular complexity index is 1640. The standard InChI is InChI=1S/C32H27N5O3/c1-22-15-16-25(19-33)17-28(22)40-32-36-30(35-20-23-9-4-2-5-10-23)29(34)31(37-32)39-27-14-8-13-26(18-27)38-21-24-11-6-3-7-12-24/h2-18H,20-21,34H2,1H3,(H,35,36,37). The van der Waals surface area contributed by atoms with E-state index in [0.29, 0.717) is 41.8 Å². The number of nitrogens with one attached hydrogen (secondary N) is 1. The van der Waals surface area contributed by atoms with Gasteiger partial charge in [-0.2, -0.15) is 15.2 Å². The molecular weight excluding hydrogens is 502 g/mol. The normalized spacial score (nSPS) is 10.4. The molecule has 1 heterocycles. The van der Waals surface area contributed by atoms with Crippen LogP contribution in [0.3, 0.4) is 0 Å². The van der Waals surface area contributed by atoms with Crippen LogP contribution in [0.4, 0.5) is 11.5 Å². The predicted octanol–water partition coefficient (Wildman–Crippen LogP) is 7.01. The summed E-state index contributed by atoms with van der Waals surface area (Å²) >= 11 is 0. The van der Waals surface area contributed by atoms with Crippen LogP contribution >= 0.6 is 0 Å². The van der Waals surface area contributed by atoms with Gasteiger partial charge in [0.05, 0.1) is 11.6 Å². The highest BCUT2D eigenvalue weighted by atomic mass is 16.5. The van der Waals surface area contributed by atoms with Crippen molar-refractivity contribution in [3.63, 3.8) is 0 Å². The number of ether oxygens (including phenoxy) is 3. The average Bonchev–Trinajstić information content (AvgIpc) is 2.99. The topological polar surface area (TPSA) is 115 Å². The van der Waals surface area contributed by atoms with Gasteiger partial charge < -0.3 is 25.3 Å². The third kappa shape index (κ3) is 6.65. The van der Waals surface area contributed by atoms with Crippen molar-refractivity contribution in [2.75, 3.05) is 11.1 Å². The number of aryl methyl sites for hydroxylation is 1. The molecule has 3 N–H and O–H groups in total. The molecule has 8 heteroatoms. The maximum absolute atomic E-state index is 9.32. The molecular formula is C32H27N5O3. The Hall–Kier alpha value is -5.55. The molecule has 0 atom stereocenters. The van der Waals surface area contributed by atoms with Crippen LogP contribution < -0.4 is 25.3 Å². The van der Waals surface area contributed by atoms with E-state index in [9.17, 15) is 5.26 Å². The van der Waals surface area contributed by atoms with E-state index in [2.05, 4.69) is 21.4 Å². The van der Waals surface area contributed by atoms with Crippen molar-refractivity contribution in [3.8, 4) is 35.2 Å². The monoisotopic (exact) mass is 529 g/mol. The van der Waals surface area contributed by atoms with Crippen LogP contribution in [-0.2, 0) is 13.2 Å². The van der Waals surface area contributed by atoms with Gasteiger partial charge in [-0.1, -0.05) is 72.8 Å². The van der Waals surface area contributed by atoms with E-state index < -0.39 is 0 Å². The Labute approximate surface area is 232 Å². The predicted molar refractivity (Wildman–Crippen MR) is 153 cm³/mol. The van der Waals surface area contributed by atoms with Gasteiger partial charge in [-0.3, -0.25) is 0 Å². The Morgan fingerprint density at radius 3 is 2.27 bits per heavy atom. The van der Waals surface area contributed by atoms with Gasteiger partial charge >= 0.3 is 6.01 Å². The molecule has 0 fully saturated rings. The Balaban J connectivity index is 1.42. The van der Waals surface area contributed by atoms with Gasteiger partial charge in [0.15, 0.2) is 5.82 Å². The third-order valence-electron chi connectivity index (χ3n) is 5.98. The highest BCUT2D eigenvalue weighted by Gasteiger charge is 2.17. The first-order valence-electron chi connectivity index (χ1n) is 12.7. The zero-order valence-corrected chi connectivity index (χ0v) is 21.9. The molecule has 0 aliphatic rings. The number of aromatic nitrogens is 2. The Morgan fingerprint density at radius 1 is 0.800 bits per heavy atom. The van der Waals surface area contributed by atoms with Crippen LogP contribution in [0.5, 0.6) is 29.1 Å². The fourth-order valence-electron chi connectivity index (χ4n) is 3.83. The second-order valence-electron chi connectivity index (χ2n) is 8.96. The van der Waals surface area contributed by atoms with E-state index in [4.69, 9.17) is 19.9 Å². The number of nitrogen functional groups attached to an aromatic ring is 1. The Morgan fingerprint density at radius 2 is 1.52 bits per heavy atom. The van der Waals surface area contributed by atoms with Gasteiger partial charge in [0.25, 0.3) is 5.88 Å². The van der Waals surface area contributed by atoms with E-state index in [1.54, 1.807) is 30.3 Å².